The van der Waals surface area contributed by atoms with Crippen LogP contribution in [0.2, 0.25) is 5.02 Å². The molecule has 0 fully saturated rings. The van der Waals surface area contributed by atoms with Gasteiger partial charge in [0, 0.05) is 18.4 Å². The van der Waals surface area contributed by atoms with E-state index in [2.05, 4.69) is 28.4 Å². The predicted octanol–water partition coefficient (Wildman–Crippen LogP) is 2.57. The molecule has 96 valence electrons. The lowest BCUT2D eigenvalue weighted by Crippen LogP contribution is -2.22. The van der Waals surface area contributed by atoms with E-state index >= 15 is 0 Å². The second-order valence-electron chi connectivity index (χ2n) is 4.09. The van der Waals surface area contributed by atoms with E-state index in [0.29, 0.717) is 5.02 Å². The van der Waals surface area contributed by atoms with E-state index in [1.165, 1.54) is 0 Å². The van der Waals surface area contributed by atoms with Crippen LogP contribution in [-0.2, 0) is 6.54 Å². The quantitative estimate of drug-likeness (QED) is 0.923. The van der Waals surface area contributed by atoms with Crippen molar-refractivity contribution in [2.24, 2.45) is 0 Å². The smallest absolute Gasteiger partial charge is 0.0837 e. The fourth-order valence-electron chi connectivity index (χ4n) is 2.15. The second kappa shape index (κ2) is 5.50. The number of rotatable bonds is 4. The number of hydrogen-bond acceptors (Lipinski definition) is 3. The minimum atomic E-state index is 0.00801. The maximum Gasteiger partial charge on any atom is 0.0837 e. The standard InChI is InChI=1S/C13H17ClN4/c1-4-18-13(11(14)8-17-18)12(15-3)10-6-5-7-16-9(10)2/h5-8,12,15H,4H2,1-3H3. The summed E-state index contributed by atoms with van der Waals surface area (Å²) in [6.45, 7) is 4.84. The summed E-state index contributed by atoms with van der Waals surface area (Å²) in [6.07, 6.45) is 3.49. The van der Waals surface area contributed by atoms with Crippen LogP contribution in [0.15, 0.2) is 24.5 Å². The van der Waals surface area contributed by atoms with Gasteiger partial charge in [-0.2, -0.15) is 5.10 Å². The van der Waals surface area contributed by atoms with Crippen molar-refractivity contribution in [3.63, 3.8) is 0 Å². The van der Waals surface area contributed by atoms with Crippen molar-refractivity contribution in [1.82, 2.24) is 20.1 Å². The Kier molecular flexibility index (Phi) is 3.99. The van der Waals surface area contributed by atoms with E-state index in [4.69, 9.17) is 11.6 Å². The third-order valence-electron chi connectivity index (χ3n) is 3.05. The lowest BCUT2D eigenvalue weighted by atomic mass is 10.0. The molecule has 0 amide bonds. The van der Waals surface area contributed by atoms with Crippen molar-refractivity contribution in [3.8, 4) is 0 Å². The molecule has 0 saturated carbocycles. The molecule has 0 saturated heterocycles. The van der Waals surface area contributed by atoms with Gasteiger partial charge in [-0.15, -0.1) is 0 Å². The highest BCUT2D eigenvalue weighted by Crippen LogP contribution is 2.29. The molecule has 2 heterocycles. The molecule has 0 aliphatic heterocycles. The third kappa shape index (κ3) is 2.26. The molecule has 5 heteroatoms. The van der Waals surface area contributed by atoms with E-state index < -0.39 is 0 Å². The van der Waals surface area contributed by atoms with Gasteiger partial charge in [-0.3, -0.25) is 9.67 Å². The summed E-state index contributed by atoms with van der Waals surface area (Å²) in [5.74, 6) is 0. The van der Waals surface area contributed by atoms with Gasteiger partial charge in [-0.05, 0) is 32.5 Å². The van der Waals surface area contributed by atoms with E-state index in [1.54, 1.807) is 12.4 Å². The Bertz CT molecular complexity index is 536. The molecule has 0 aliphatic rings. The molecule has 4 nitrogen and oxygen atoms in total. The molecule has 2 aromatic rings. The van der Waals surface area contributed by atoms with Gasteiger partial charge in [0.2, 0.25) is 0 Å². The van der Waals surface area contributed by atoms with Crippen LogP contribution in [0.3, 0.4) is 0 Å². The fraction of sp³-hybridized carbons (Fsp3) is 0.385. The lowest BCUT2D eigenvalue weighted by molar-refractivity contribution is 0.561. The van der Waals surface area contributed by atoms with Gasteiger partial charge in [0.25, 0.3) is 0 Å². The Balaban J connectivity index is 2.52. The zero-order valence-corrected chi connectivity index (χ0v) is 11.6. The van der Waals surface area contributed by atoms with Crippen molar-refractivity contribution < 1.29 is 0 Å². The largest absolute Gasteiger partial charge is 0.308 e. The Hall–Kier alpha value is -1.39. The molecule has 0 aliphatic carbocycles. The zero-order chi connectivity index (χ0) is 13.1. The fourth-order valence-corrected chi connectivity index (χ4v) is 2.40. The lowest BCUT2D eigenvalue weighted by Gasteiger charge is -2.20. The number of hydrogen-bond donors (Lipinski definition) is 1. The number of aromatic nitrogens is 3. The van der Waals surface area contributed by atoms with Crippen LogP contribution >= 0.6 is 11.6 Å². The molecule has 18 heavy (non-hydrogen) atoms. The summed E-state index contributed by atoms with van der Waals surface area (Å²) in [6, 6.07) is 4.01. The Morgan fingerprint density at radius 3 is 2.89 bits per heavy atom. The molecule has 2 rings (SSSR count). The number of halogens is 1. The van der Waals surface area contributed by atoms with E-state index in [1.807, 2.05) is 24.7 Å². The monoisotopic (exact) mass is 264 g/mol. The van der Waals surface area contributed by atoms with Crippen molar-refractivity contribution in [3.05, 3.63) is 46.5 Å². The summed E-state index contributed by atoms with van der Waals surface area (Å²) >= 11 is 6.26. The second-order valence-corrected chi connectivity index (χ2v) is 4.50. The van der Waals surface area contributed by atoms with E-state index in [9.17, 15) is 0 Å². The SMILES string of the molecule is CCn1ncc(Cl)c1C(NC)c1cccnc1C. The Labute approximate surface area is 112 Å². The van der Waals surface area contributed by atoms with E-state index in [0.717, 1.165) is 23.5 Å². The highest BCUT2D eigenvalue weighted by molar-refractivity contribution is 6.31. The zero-order valence-electron chi connectivity index (χ0n) is 10.8. The van der Waals surface area contributed by atoms with Gasteiger partial charge in [0.1, 0.15) is 0 Å². The normalized spacial score (nSPS) is 12.7. The van der Waals surface area contributed by atoms with Crippen LogP contribution in [0.5, 0.6) is 0 Å². The molecular weight excluding hydrogens is 248 g/mol. The molecular formula is C13H17ClN4. The van der Waals surface area contributed by atoms with E-state index in [-0.39, 0.29) is 6.04 Å². The average molecular weight is 265 g/mol. The van der Waals surface area contributed by atoms with Gasteiger partial charge in [-0.25, -0.2) is 0 Å². The molecule has 1 N–H and O–H groups in total. The van der Waals surface area contributed by atoms with Gasteiger partial charge < -0.3 is 5.32 Å². The number of pyridine rings is 1. The number of nitrogens with zero attached hydrogens (tertiary/aromatic N) is 3. The average Bonchev–Trinajstić information content (AvgIpc) is 2.74. The maximum atomic E-state index is 6.26. The molecule has 0 aromatic carbocycles. The summed E-state index contributed by atoms with van der Waals surface area (Å²) < 4.78 is 1.91. The molecule has 1 atom stereocenters. The first-order chi connectivity index (χ1) is 8.69. The summed E-state index contributed by atoms with van der Waals surface area (Å²) in [4.78, 5) is 4.33. The van der Waals surface area contributed by atoms with Crippen molar-refractivity contribution in [1.29, 1.82) is 0 Å². The van der Waals surface area contributed by atoms with Gasteiger partial charge in [0.05, 0.1) is 23.0 Å². The molecule has 2 aromatic heterocycles. The highest BCUT2D eigenvalue weighted by Gasteiger charge is 2.21. The first-order valence-electron chi connectivity index (χ1n) is 5.99. The van der Waals surface area contributed by atoms with Gasteiger partial charge >= 0.3 is 0 Å². The predicted molar refractivity (Wildman–Crippen MR) is 72.8 cm³/mol. The molecule has 0 bridgehead atoms. The Morgan fingerprint density at radius 1 is 1.50 bits per heavy atom. The van der Waals surface area contributed by atoms with Crippen LogP contribution < -0.4 is 5.32 Å². The molecule has 0 radical (unpaired) electrons. The highest BCUT2D eigenvalue weighted by atomic mass is 35.5. The summed E-state index contributed by atoms with van der Waals surface area (Å²) in [5.41, 5.74) is 3.10. The first kappa shape index (κ1) is 13.1. The summed E-state index contributed by atoms with van der Waals surface area (Å²) in [7, 11) is 1.92. The summed E-state index contributed by atoms with van der Waals surface area (Å²) in [5, 5.41) is 8.25. The van der Waals surface area contributed by atoms with Crippen LogP contribution in [0.1, 0.15) is 29.9 Å². The van der Waals surface area contributed by atoms with Crippen LogP contribution in [0.25, 0.3) is 0 Å². The van der Waals surface area contributed by atoms with Crippen LogP contribution in [0.4, 0.5) is 0 Å². The van der Waals surface area contributed by atoms with Crippen molar-refractivity contribution in [2.75, 3.05) is 7.05 Å². The van der Waals surface area contributed by atoms with Crippen molar-refractivity contribution in [2.45, 2.75) is 26.4 Å². The minimum absolute atomic E-state index is 0.00801. The van der Waals surface area contributed by atoms with Gasteiger partial charge in [-0.1, -0.05) is 17.7 Å². The van der Waals surface area contributed by atoms with Crippen LogP contribution in [0, 0.1) is 6.92 Å². The molecule has 1 unspecified atom stereocenters. The third-order valence-corrected chi connectivity index (χ3v) is 3.34. The van der Waals surface area contributed by atoms with Gasteiger partial charge in [0.15, 0.2) is 0 Å². The molecule has 0 spiro atoms. The van der Waals surface area contributed by atoms with Crippen LogP contribution in [-0.4, -0.2) is 21.8 Å². The number of nitrogens with one attached hydrogen (secondary N) is 1. The van der Waals surface area contributed by atoms with Crippen molar-refractivity contribution >= 4 is 11.6 Å². The maximum absolute atomic E-state index is 6.26. The first-order valence-corrected chi connectivity index (χ1v) is 6.36. The Morgan fingerprint density at radius 2 is 2.28 bits per heavy atom. The topological polar surface area (TPSA) is 42.7 Å². The number of aryl methyl sites for hydroxylation is 2. The minimum Gasteiger partial charge on any atom is -0.308 e.